The normalized spacial score (nSPS) is 12.2. The number of aromatic nitrogens is 3. The molecule has 0 fully saturated rings. The fraction of sp³-hybridized carbons (Fsp3) is 0.346. The molecule has 3 aromatic heterocycles. The van der Waals surface area contributed by atoms with E-state index >= 15 is 0 Å². The number of rotatable bonds is 12. The van der Waals surface area contributed by atoms with Crippen LogP contribution in [0.15, 0.2) is 61.1 Å². The average molecular weight is 448 g/mol. The minimum Gasteiger partial charge on any atom is -0.473 e. The number of Topliss-reactive ketones (excluding diaryl/α,β-unsaturated/α-hetero) is 1. The maximum atomic E-state index is 11.6. The van der Waals surface area contributed by atoms with Gasteiger partial charge in [0, 0.05) is 48.2 Å². The molecule has 5 nitrogen and oxygen atoms in total. The van der Waals surface area contributed by atoms with Gasteiger partial charge in [-0.25, -0.2) is 4.98 Å². The van der Waals surface area contributed by atoms with Gasteiger partial charge in [-0.15, -0.1) is 0 Å². The molecule has 0 radical (unpaired) electrons. The molecule has 0 aliphatic rings. The first-order valence-electron chi connectivity index (χ1n) is 11.3. The van der Waals surface area contributed by atoms with Gasteiger partial charge in [-0.2, -0.15) is 0 Å². The van der Waals surface area contributed by atoms with E-state index in [0.717, 1.165) is 48.7 Å². The molecule has 166 valence electrons. The number of nitrogens with one attached hydrogen (secondary N) is 1. The quantitative estimate of drug-likeness (QED) is 0.247. The Labute approximate surface area is 192 Å². The molecule has 0 aliphatic heterocycles. The first-order chi connectivity index (χ1) is 15.7. The van der Waals surface area contributed by atoms with E-state index in [9.17, 15) is 4.79 Å². The van der Waals surface area contributed by atoms with Gasteiger partial charge in [0.25, 0.3) is 0 Å². The van der Waals surface area contributed by atoms with Gasteiger partial charge in [-0.3, -0.25) is 9.78 Å². The minimum absolute atomic E-state index is 0.142. The van der Waals surface area contributed by atoms with Gasteiger partial charge >= 0.3 is 0 Å². The summed E-state index contributed by atoms with van der Waals surface area (Å²) in [5.41, 5.74) is 2.25. The highest BCUT2D eigenvalue weighted by Gasteiger charge is 2.19. The molecule has 0 spiro atoms. The number of hydrogen-bond acceptors (Lipinski definition) is 5. The van der Waals surface area contributed by atoms with Gasteiger partial charge in [0.2, 0.25) is 0 Å². The van der Waals surface area contributed by atoms with Gasteiger partial charge in [-0.1, -0.05) is 42.9 Å². The lowest BCUT2D eigenvalue weighted by Crippen LogP contribution is -2.09. The van der Waals surface area contributed by atoms with Gasteiger partial charge in [0.1, 0.15) is 11.6 Å². The molecule has 1 aromatic carbocycles. The zero-order chi connectivity index (χ0) is 22.2. The van der Waals surface area contributed by atoms with Crippen molar-refractivity contribution in [2.75, 3.05) is 0 Å². The molecule has 0 amide bonds. The first kappa shape index (κ1) is 22.2. The Balaban J connectivity index is 1.44. The number of ketones is 1. The summed E-state index contributed by atoms with van der Waals surface area (Å²) in [5.74, 6) is 1.20. The summed E-state index contributed by atoms with van der Waals surface area (Å²) in [6.07, 6.45) is 11.3. The van der Waals surface area contributed by atoms with E-state index in [1.54, 1.807) is 11.3 Å². The van der Waals surface area contributed by atoms with E-state index in [4.69, 9.17) is 4.74 Å². The lowest BCUT2D eigenvalue weighted by Gasteiger charge is -2.16. The zero-order valence-corrected chi connectivity index (χ0v) is 19.2. The largest absolute Gasteiger partial charge is 0.473 e. The molecular formula is C26H29N3O2S. The van der Waals surface area contributed by atoms with Crippen LogP contribution in [0.5, 0.6) is 5.06 Å². The molecule has 1 N–H and O–H groups in total. The standard InChI is InChI=1S/C26H29N3O2S/c1-2-22(30)9-4-3-5-10-23(31-25-17-20-8-6-7-11-24(20)32-25)26-28-18-21(29-26)16-19-12-14-27-15-13-19/h6-8,11-15,17-18,23H,2-5,9-10,16H2,1H3,(H,28,29). The van der Waals surface area contributed by atoms with Crippen molar-refractivity contribution in [3.8, 4) is 5.06 Å². The number of fused-ring (bicyclic) bond motifs is 1. The fourth-order valence-corrected chi connectivity index (χ4v) is 4.72. The van der Waals surface area contributed by atoms with Crippen LogP contribution in [0.1, 0.15) is 68.6 Å². The summed E-state index contributed by atoms with van der Waals surface area (Å²) >= 11 is 1.66. The van der Waals surface area contributed by atoms with E-state index in [-0.39, 0.29) is 6.10 Å². The Kier molecular flexibility index (Phi) is 7.67. The summed E-state index contributed by atoms with van der Waals surface area (Å²) in [7, 11) is 0. The lowest BCUT2D eigenvalue weighted by atomic mass is 10.1. The molecule has 4 aromatic rings. The fourth-order valence-electron chi connectivity index (χ4n) is 3.76. The third-order valence-electron chi connectivity index (χ3n) is 5.57. The second-order valence-electron chi connectivity index (χ2n) is 8.03. The Bertz CT molecular complexity index is 1100. The highest BCUT2D eigenvalue weighted by atomic mass is 32.1. The van der Waals surface area contributed by atoms with Gasteiger partial charge in [-0.05, 0) is 54.5 Å². The highest BCUT2D eigenvalue weighted by molar-refractivity contribution is 7.20. The number of H-pyrrole nitrogens is 1. The van der Waals surface area contributed by atoms with Crippen molar-refractivity contribution in [2.24, 2.45) is 0 Å². The van der Waals surface area contributed by atoms with Crippen LogP contribution >= 0.6 is 11.3 Å². The lowest BCUT2D eigenvalue weighted by molar-refractivity contribution is -0.118. The monoisotopic (exact) mass is 447 g/mol. The molecule has 0 aliphatic carbocycles. The molecule has 1 unspecified atom stereocenters. The molecule has 4 rings (SSSR count). The Morgan fingerprint density at radius 2 is 1.97 bits per heavy atom. The smallest absolute Gasteiger partial charge is 0.176 e. The number of benzene rings is 1. The van der Waals surface area contributed by atoms with Crippen LogP contribution in [0.2, 0.25) is 0 Å². The molecule has 0 bridgehead atoms. The van der Waals surface area contributed by atoms with Crippen molar-refractivity contribution >= 4 is 27.2 Å². The zero-order valence-electron chi connectivity index (χ0n) is 18.4. The molecule has 32 heavy (non-hydrogen) atoms. The number of ether oxygens (including phenoxy) is 1. The molecule has 1 atom stereocenters. The number of pyridine rings is 1. The van der Waals surface area contributed by atoms with Crippen molar-refractivity contribution in [1.82, 2.24) is 15.0 Å². The van der Waals surface area contributed by atoms with E-state index in [1.807, 2.05) is 43.7 Å². The third-order valence-corrected chi connectivity index (χ3v) is 6.58. The predicted molar refractivity (Wildman–Crippen MR) is 129 cm³/mol. The van der Waals surface area contributed by atoms with Crippen molar-refractivity contribution < 1.29 is 9.53 Å². The molecule has 6 heteroatoms. The summed E-state index contributed by atoms with van der Waals surface area (Å²) in [4.78, 5) is 23.8. The van der Waals surface area contributed by atoms with Crippen molar-refractivity contribution in [3.05, 3.63) is 78.1 Å². The first-order valence-corrected chi connectivity index (χ1v) is 12.1. The van der Waals surface area contributed by atoms with Crippen LogP contribution in [0.25, 0.3) is 10.1 Å². The van der Waals surface area contributed by atoms with Crippen LogP contribution in [0.3, 0.4) is 0 Å². The number of nitrogens with zero attached hydrogens (tertiary/aromatic N) is 2. The van der Waals surface area contributed by atoms with Crippen molar-refractivity contribution in [3.63, 3.8) is 0 Å². The SMILES string of the molecule is CCC(=O)CCCCCC(Oc1cc2ccccc2s1)c1ncc(Cc2ccncc2)[nH]1. The average Bonchev–Trinajstić information content (AvgIpc) is 3.45. The molecule has 0 saturated carbocycles. The summed E-state index contributed by atoms with van der Waals surface area (Å²) in [6, 6.07) is 14.5. The summed E-state index contributed by atoms with van der Waals surface area (Å²) in [6.45, 7) is 1.93. The number of unbranched alkanes of at least 4 members (excludes halogenated alkanes) is 2. The minimum atomic E-state index is -0.142. The van der Waals surface area contributed by atoms with E-state index < -0.39 is 0 Å². The summed E-state index contributed by atoms with van der Waals surface area (Å²) < 4.78 is 7.67. The van der Waals surface area contributed by atoms with E-state index in [1.165, 1.54) is 15.6 Å². The third kappa shape index (κ3) is 6.04. The van der Waals surface area contributed by atoms with Crippen LogP contribution in [-0.2, 0) is 11.2 Å². The number of carbonyl (C=O) groups excluding carboxylic acids is 1. The number of imidazole rings is 1. The second-order valence-corrected chi connectivity index (χ2v) is 9.07. The predicted octanol–water partition coefficient (Wildman–Crippen LogP) is 6.66. The second kappa shape index (κ2) is 11.0. The number of thiophene rings is 1. The van der Waals surface area contributed by atoms with Crippen molar-refractivity contribution in [2.45, 2.75) is 58.0 Å². The Hall–Kier alpha value is -2.99. The van der Waals surface area contributed by atoms with E-state index in [2.05, 4.69) is 39.2 Å². The van der Waals surface area contributed by atoms with Gasteiger partial charge in [0.05, 0.1) is 0 Å². The highest BCUT2D eigenvalue weighted by Crippen LogP contribution is 2.35. The Morgan fingerprint density at radius 3 is 2.78 bits per heavy atom. The van der Waals surface area contributed by atoms with E-state index in [0.29, 0.717) is 18.6 Å². The number of carbonyl (C=O) groups is 1. The number of aromatic amines is 1. The van der Waals surface area contributed by atoms with Crippen LogP contribution in [0.4, 0.5) is 0 Å². The van der Waals surface area contributed by atoms with Crippen LogP contribution < -0.4 is 4.74 Å². The Morgan fingerprint density at radius 1 is 1.12 bits per heavy atom. The number of hydrogen-bond donors (Lipinski definition) is 1. The molecule has 0 saturated heterocycles. The topological polar surface area (TPSA) is 67.9 Å². The van der Waals surface area contributed by atoms with Gasteiger partial charge in [0.15, 0.2) is 11.2 Å². The van der Waals surface area contributed by atoms with Crippen LogP contribution in [-0.4, -0.2) is 20.7 Å². The maximum absolute atomic E-state index is 11.6. The van der Waals surface area contributed by atoms with Crippen LogP contribution in [0, 0.1) is 0 Å². The molecular weight excluding hydrogens is 418 g/mol. The summed E-state index contributed by atoms with van der Waals surface area (Å²) in [5, 5.41) is 2.10. The van der Waals surface area contributed by atoms with Crippen molar-refractivity contribution in [1.29, 1.82) is 0 Å². The molecule has 3 heterocycles. The maximum Gasteiger partial charge on any atom is 0.176 e. The van der Waals surface area contributed by atoms with Gasteiger partial charge < -0.3 is 9.72 Å².